The van der Waals surface area contributed by atoms with Crippen molar-refractivity contribution >= 4 is 17.3 Å². The maximum absolute atomic E-state index is 6.22. The lowest BCUT2D eigenvalue weighted by molar-refractivity contribution is 0.455. The van der Waals surface area contributed by atoms with Crippen LogP contribution < -0.4 is 16.4 Å². The van der Waals surface area contributed by atoms with Crippen molar-refractivity contribution in [3.63, 3.8) is 0 Å². The predicted octanol–water partition coefficient (Wildman–Crippen LogP) is 1.88. The summed E-state index contributed by atoms with van der Waals surface area (Å²) in [4.78, 5) is 9.25. The average Bonchev–Trinajstić information content (AvgIpc) is 3.07. The number of anilines is 2. The van der Waals surface area contributed by atoms with Gasteiger partial charge in [0.25, 0.3) is 0 Å². The number of pyridine rings is 1. The number of nitrogens with two attached hydrogens (primary N) is 1. The summed E-state index contributed by atoms with van der Waals surface area (Å²) in [6.07, 6.45) is 5.93. The molecule has 0 amide bonds. The van der Waals surface area contributed by atoms with Gasteiger partial charge in [-0.2, -0.15) is 9.61 Å². The van der Waals surface area contributed by atoms with E-state index < -0.39 is 0 Å². The fraction of sp³-hybridized carbons (Fsp3) is 0.353. The SMILES string of the molecule is CNc1ccc(-c2cnn3c(N)cc(C4CCCNC4)nc23)cn1. The molecule has 1 fully saturated rings. The van der Waals surface area contributed by atoms with Crippen molar-refractivity contribution in [2.24, 2.45) is 0 Å². The number of rotatable bonds is 3. The van der Waals surface area contributed by atoms with Crippen molar-refractivity contribution < 1.29 is 0 Å². The summed E-state index contributed by atoms with van der Waals surface area (Å²) >= 11 is 0. The number of piperidine rings is 1. The number of hydrogen-bond donors (Lipinski definition) is 3. The topological polar surface area (TPSA) is 93.2 Å². The normalized spacial score (nSPS) is 18.0. The molecule has 1 unspecified atom stereocenters. The highest BCUT2D eigenvalue weighted by atomic mass is 15.3. The molecule has 0 aromatic carbocycles. The summed E-state index contributed by atoms with van der Waals surface area (Å²) in [5, 5.41) is 10.9. The van der Waals surface area contributed by atoms with Crippen LogP contribution >= 0.6 is 0 Å². The highest BCUT2D eigenvalue weighted by Crippen LogP contribution is 2.28. The van der Waals surface area contributed by atoms with Crippen molar-refractivity contribution in [2.75, 3.05) is 31.2 Å². The molecule has 1 atom stereocenters. The molecule has 1 aliphatic rings. The van der Waals surface area contributed by atoms with E-state index in [0.717, 1.165) is 47.8 Å². The fourth-order valence-electron chi connectivity index (χ4n) is 3.22. The third-order valence-corrected chi connectivity index (χ3v) is 4.56. The smallest absolute Gasteiger partial charge is 0.165 e. The number of fused-ring (bicyclic) bond motifs is 1. The third-order valence-electron chi connectivity index (χ3n) is 4.56. The number of nitrogens with one attached hydrogen (secondary N) is 2. The molecule has 3 aromatic rings. The Morgan fingerprint density at radius 3 is 2.96 bits per heavy atom. The first-order valence-electron chi connectivity index (χ1n) is 8.25. The highest BCUT2D eigenvalue weighted by Gasteiger charge is 2.19. The van der Waals surface area contributed by atoms with Crippen molar-refractivity contribution in [1.82, 2.24) is 24.9 Å². The molecular formula is C17H21N7. The van der Waals surface area contributed by atoms with Crippen molar-refractivity contribution in [1.29, 1.82) is 0 Å². The molecule has 7 nitrogen and oxygen atoms in total. The van der Waals surface area contributed by atoms with Crippen LogP contribution in [0.3, 0.4) is 0 Å². The highest BCUT2D eigenvalue weighted by molar-refractivity contribution is 5.78. The Hall–Kier alpha value is -2.67. The molecule has 4 N–H and O–H groups in total. The summed E-state index contributed by atoms with van der Waals surface area (Å²) in [6, 6.07) is 5.91. The molecular weight excluding hydrogens is 302 g/mol. The van der Waals surface area contributed by atoms with Crippen LogP contribution in [0.5, 0.6) is 0 Å². The molecule has 24 heavy (non-hydrogen) atoms. The molecule has 4 rings (SSSR count). The third kappa shape index (κ3) is 2.56. The Kier molecular flexibility index (Phi) is 3.78. The lowest BCUT2D eigenvalue weighted by Gasteiger charge is -2.22. The van der Waals surface area contributed by atoms with Gasteiger partial charge >= 0.3 is 0 Å². The largest absolute Gasteiger partial charge is 0.384 e. The molecule has 0 spiro atoms. The second-order valence-corrected chi connectivity index (χ2v) is 6.12. The maximum atomic E-state index is 6.22. The minimum absolute atomic E-state index is 0.401. The molecule has 7 heteroatoms. The zero-order valence-corrected chi connectivity index (χ0v) is 13.7. The fourth-order valence-corrected chi connectivity index (χ4v) is 3.22. The molecule has 1 saturated heterocycles. The van der Waals surface area contributed by atoms with Crippen molar-refractivity contribution in [2.45, 2.75) is 18.8 Å². The van der Waals surface area contributed by atoms with Gasteiger partial charge in [-0.15, -0.1) is 0 Å². The summed E-state index contributed by atoms with van der Waals surface area (Å²) in [7, 11) is 1.85. The molecule has 0 bridgehead atoms. The molecule has 124 valence electrons. The van der Waals surface area contributed by atoms with Crippen LogP contribution in [0, 0.1) is 0 Å². The van der Waals surface area contributed by atoms with Gasteiger partial charge < -0.3 is 16.4 Å². The number of nitrogen functional groups attached to an aromatic ring is 1. The van der Waals surface area contributed by atoms with E-state index in [1.165, 1.54) is 6.42 Å². The first-order valence-corrected chi connectivity index (χ1v) is 8.25. The first-order chi connectivity index (χ1) is 11.8. The number of aromatic nitrogens is 4. The van der Waals surface area contributed by atoms with Crippen LogP contribution in [0.15, 0.2) is 30.6 Å². The van der Waals surface area contributed by atoms with Crippen LogP contribution in [-0.2, 0) is 0 Å². The van der Waals surface area contributed by atoms with Crippen LogP contribution in [-0.4, -0.2) is 39.7 Å². The van der Waals surface area contributed by atoms with Crippen molar-refractivity contribution in [3.8, 4) is 11.1 Å². The Morgan fingerprint density at radius 2 is 2.25 bits per heavy atom. The van der Waals surface area contributed by atoms with E-state index in [2.05, 4.69) is 20.7 Å². The van der Waals surface area contributed by atoms with Gasteiger partial charge in [0.15, 0.2) is 5.65 Å². The Balaban J connectivity index is 1.79. The molecule has 3 aromatic heterocycles. The molecule has 1 aliphatic heterocycles. The van der Waals surface area contributed by atoms with E-state index in [1.807, 2.05) is 31.4 Å². The Morgan fingerprint density at radius 1 is 1.33 bits per heavy atom. The minimum atomic E-state index is 0.401. The number of nitrogens with zero attached hydrogens (tertiary/aromatic N) is 4. The Labute approximate surface area is 140 Å². The quantitative estimate of drug-likeness (QED) is 0.681. The second-order valence-electron chi connectivity index (χ2n) is 6.12. The average molecular weight is 323 g/mol. The van der Waals surface area contributed by atoms with Gasteiger partial charge in [-0.05, 0) is 31.5 Å². The standard InChI is InChI=1S/C17H21N7/c1-19-16-5-4-11(9-21-16)13-10-22-24-15(18)7-14(23-17(13)24)12-3-2-6-20-8-12/h4-5,7,9-10,12,20H,2-3,6,8,18H2,1H3,(H,19,21). The van der Waals surface area contributed by atoms with Gasteiger partial charge in [0.2, 0.25) is 0 Å². The lowest BCUT2D eigenvalue weighted by atomic mass is 9.96. The second kappa shape index (κ2) is 6.09. The first kappa shape index (κ1) is 14.9. The summed E-state index contributed by atoms with van der Waals surface area (Å²) in [5.41, 5.74) is 9.97. The van der Waals surface area contributed by atoms with Gasteiger partial charge in [-0.25, -0.2) is 9.97 Å². The molecule has 0 radical (unpaired) electrons. The van der Waals surface area contributed by atoms with Crippen LogP contribution in [0.25, 0.3) is 16.8 Å². The monoisotopic (exact) mass is 323 g/mol. The number of hydrogen-bond acceptors (Lipinski definition) is 6. The van der Waals surface area contributed by atoms with Gasteiger partial charge in [0.1, 0.15) is 11.6 Å². The maximum Gasteiger partial charge on any atom is 0.165 e. The zero-order chi connectivity index (χ0) is 16.5. The summed E-state index contributed by atoms with van der Waals surface area (Å²) < 4.78 is 1.70. The minimum Gasteiger partial charge on any atom is -0.384 e. The van der Waals surface area contributed by atoms with Gasteiger partial charge in [-0.3, -0.25) is 0 Å². The van der Waals surface area contributed by atoms with Crippen molar-refractivity contribution in [3.05, 3.63) is 36.3 Å². The summed E-state index contributed by atoms with van der Waals surface area (Å²) in [6.45, 7) is 2.03. The van der Waals surface area contributed by atoms with Crippen LogP contribution in [0.2, 0.25) is 0 Å². The zero-order valence-electron chi connectivity index (χ0n) is 13.7. The van der Waals surface area contributed by atoms with E-state index in [-0.39, 0.29) is 0 Å². The molecule has 0 saturated carbocycles. The van der Waals surface area contributed by atoms with Gasteiger partial charge in [0, 0.05) is 42.9 Å². The molecule has 4 heterocycles. The van der Waals surface area contributed by atoms with Crippen LogP contribution in [0.4, 0.5) is 11.6 Å². The van der Waals surface area contributed by atoms with Gasteiger partial charge in [0.05, 0.1) is 11.9 Å². The van der Waals surface area contributed by atoms with E-state index in [0.29, 0.717) is 11.7 Å². The lowest BCUT2D eigenvalue weighted by Crippen LogP contribution is -2.29. The van der Waals surface area contributed by atoms with E-state index in [1.54, 1.807) is 10.7 Å². The Bertz CT molecular complexity index is 847. The van der Waals surface area contributed by atoms with E-state index in [9.17, 15) is 0 Å². The van der Waals surface area contributed by atoms with E-state index >= 15 is 0 Å². The van der Waals surface area contributed by atoms with Gasteiger partial charge in [-0.1, -0.05) is 0 Å². The summed E-state index contributed by atoms with van der Waals surface area (Å²) in [5.74, 6) is 1.85. The van der Waals surface area contributed by atoms with Crippen LogP contribution in [0.1, 0.15) is 24.5 Å². The predicted molar refractivity (Wildman–Crippen MR) is 95.0 cm³/mol. The molecule has 0 aliphatic carbocycles. The van der Waals surface area contributed by atoms with E-state index in [4.69, 9.17) is 10.7 Å².